The van der Waals surface area contributed by atoms with Gasteiger partial charge in [-0.05, 0) is 68.9 Å². The molecular weight excluding hydrogens is 823 g/mol. The molecule has 299 valence electrons. The molecule has 0 N–H and O–H groups in total. The summed E-state index contributed by atoms with van der Waals surface area (Å²) in [6.45, 7) is 27.0. The van der Waals surface area contributed by atoms with Gasteiger partial charge in [0.25, 0.3) is 0 Å². The maximum absolute atomic E-state index is 5.96. The van der Waals surface area contributed by atoms with E-state index in [2.05, 4.69) is 179 Å². The first kappa shape index (κ1) is 51.4. The Morgan fingerprint density at radius 1 is 0.554 bits per heavy atom. The van der Waals surface area contributed by atoms with E-state index in [1.807, 2.05) is 0 Å². The second kappa shape index (κ2) is 22.5. The molecule has 0 saturated heterocycles. The maximum atomic E-state index is 5.96. The summed E-state index contributed by atoms with van der Waals surface area (Å²) in [7, 11) is 4.33. The van der Waals surface area contributed by atoms with E-state index in [1.54, 1.807) is 14.2 Å². The standard InChI is InChI=1S/2C24H29O.C2H7Si.2ClH.Zr/c2*1-16(2)12-17-13-19-15-21(24(3,4)5)23(25-6)22(20(19)14-17)18-10-8-7-9-11-18;1-3-2;;;/h2*7-11,13-16H,12H2,1-6H3;3H,1-2H3;2*1H;/q2*-1;;;;+4/p-2. The Morgan fingerprint density at radius 2 is 0.857 bits per heavy atom. The van der Waals surface area contributed by atoms with Gasteiger partial charge in [-0.2, -0.15) is 12.1 Å². The van der Waals surface area contributed by atoms with Gasteiger partial charge < -0.3 is 34.3 Å². The van der Waals surface area contributed by atoms with Gasteiger partial charge in [0.15, 0.2) is 0 Å². The Balaban J connectivity index is 0.000000498. The number of hydrogen-bond acceptors (Lipinski definition) is 2. The van der Waals surface area contributed by atoms with E-state index >= 15 is 0 Å². The fourth-order valence-electron chi connectivity index (χ4n) is 7.30. The molecular formula is C50H65Cl2O2SiZr. The summed E-state index contributed by atoms with van der Waals surface area (Å²) >= 11 is 0. The van der Waals surface area contributed by atoms with Gasteiger partial charge >= 0.3 is 26.2 Å². The number of ether oxygens (including phenoxy) is 2. The predicted octanol–water partition coefficient (Wildman–Crippen LogP) is 7.99. The van der Waals surface area contributed by atoms with Crippen molar-refractivity contribution < 1.29 is 60.5 Å². The Hall–Kier alpha value is -2.62. The van der Waals surface area contributed by atoms with Crippen LogP contribution in [0.5, 0.6) is 11.5 Å². The number of rotatable bonds is 8. The van der Waals surface area contributed by atoms with Crippen LogP contribution in [0.2, 0.25) is 13.1 Å². The Kier molecular flexibility index (Phi) is 20.7. The van der Waals surface area contributed by atoms with Crippen molar-refractivity contribution in [3.63, 3.8) is 0 Å². The number of benzene rings is 4. The summed E-state index contributed by atoms with van der Waals surface area (Å²) < 4.78 is 11.9. The first-order chi connectivity index (χ1) is 25.0. The largest absolute Gasteiger partial charge is 4.00 e. The molecule has 0 bridgehead atoms. The minimum absolute atomic E-state index is 0. The second-order valence-electron chi connectivity index (χ2n) is 17.4. The second-order valence-corrected chi connectivity index (χ2v) is 18.6. The summed E-state index contributed by atoms with van der Waals surface area (Å²) in [4.78, 5) is 0. The topological polar surface area (TPSA) is 18.5 Å². The molecule has 0 fully saturated rings. The van der Waals surface area contributed by atoms with Gasteiger partial charge in [-0.1, -0.05) is 143 Å². The van der Waals surface area contributed by atoms with Crippen LogP contribution < -0.4 is 34.3 Å². The van der Waals surface area contributed by atoms with Crippen LogP contribution in [-0.4, -0.2) is 23.7 Å². The average molecular weight is 888 g/mol. The molecule has 0 amide bonds. The summed E-state index contributed by atoms with van der Waals surface area (Å²) in [5, 5.41) is 5.24. The minimum Gasteiger partial charge on any atom is -1.00 e. The quantitative estimate of drug-likeness (QED) is 0.114. The van der Waals surface area contributed by atoms with Crippen LogP contribution in [0.3, 0.4) is 0 Å². The van der Waals surface area contributed by atoms with Crippen molar-refractivity contribution in [2.24, 2.45) is 11.8 Å². The molecule has 0 unspecified atom stereocenters. The van der Waals surface area contributed by atoms with Crippen LogP contribution >= 0.6 is 0 Å². The molecule has 0 atom stereocenters. The van der Waals surface area contributed by atoms with Crippen molar-refractivity contribution >= 4 is 31.1 Å². The maximum Gasteiger partial charge on any atom is 4.00 e. The zero-order valence-corrected chi connectivity index (χ0v) is 41.6. The number of methoxy groups -OCH3 is 2. The molecule has 1 radical (unpaired) electrons. The minimum atomic E-state index is 0. The van der Waals surface area contributed by atoms with Crippen LogP contribution in [-0.2, 0) is 49.9 Å². The van der Waals surface area contributed by atoms with E-state index in [9.17, 15) is 0 Å². The first-order valence-electron chi connectivity index (χ1n) is 19.5. The molecule has 6 aromatic rings. The van der Waals surface area contributed by atoms with E-state index < -0.39 is 0 Å². The van der Waals surface area contributed by atoms with E-state index in [-0.39, 0.29) is 61.8 Å². The third-order valence-electron chi connectivity index (χ3n) is 9.48. The third kappa shape index (κ3) is 12.7. The van der Waals surface area contributed by atoms with Gasteiger partial charge in [-0.15, -0.1) is 56.9 Å². The number of fused-ring (bicyclic) bond motifs is 2. The summed E-state index contributed by atoms with van der Waals surface area (Å²) in [5.41, 5.74) is 10.3. The molecule has 6 heteroatoms. The van der Waals surface area contributed by atoms with Gasteiger partial charge in [0.05, 0.1) is 14.2 Å². The van der Waals surface area contributed by atoms with Crippen molar-refractivity contribution in [1.82, 2.24) is 0 Å². The Bertz CT molecular complexity index is 1910. The molecule has 2 nitrogen and oxygen atoms in total. The fourth-order valence-corrected chi connectivity index (χ4v) is 7.30. The van der Waals surface area contributed by atoms with Crippen LogP contribution in [0.1, 0.15) is 91.5 Å². The Morgan fingerprint density at radius 3 is 1.11 bits per heavy atom. The van der Waals surface area contributed by atoms with Gasteiger partial charge in [0.1, 0.15) is 11.5 Å². The van der Waals surface area contributed by atoms with E-state index in [0.717, 1.165) is 33.9 Å². The van der Waals surface area contributed by atoms with E-state index in [4.69, 9.17) is 9.47 Å². The molecule has 0 aliphatic heterocycles. The summed E-state index contributed by atoms with van der Waals surface area (Å²) in [6.07, 6.45) is 2.21. The SMILES string of the molecule is COc1c(C(C)(C)C)cc2[cH-]c(CC(C)C)cc2c1-c1ccccc1.COc1c(C(C)(C)C)cc2[cH-]c(CC(C)C)cc2c1-c1ccccc1.C[SiH]C.[Cl-].[Cl-].[Zr+4]. The zero-order valence-electron chi connectivity index (χ0n) is 36.5. The van der Waals surface area contributed by atoms with Gasteiger partial charge in [0, 0.05) is 9.52 Å². The van der Waals surface area contributed by atoms with Gasteiger partial charge in [0.2, 0.25) is 0 Å². The van der Waals surface area contributed by atoms with Crippen molar-refractivity contribution in [3.05, 3.63) is 119 Å². The first-order valence-corrected chi connectivity index (χ1v) is 21.8. The predicted molar refractivity (Wildman–Crippen MR) is 236 cm³/mol. The molecule has 0 aliphatic rings. The van der Waals surface area contributed by atoms with E-state index in [0.29, 0.717) is 11.8 Å². The zero-order chi connectivity index (χ0) is 39.1. The molecule has 56 heavy (non-hydrogen) atoms. The summed E-state index contributed by atoms with van der Waals surface area (Å²) in [6, 6.07) is 35.3. The molecule has 0 spiro atoms. The van der Waals surface area contributed by atoms with E-state index in [1.165, 1.54) is 66.1 Å². The molecule has 0 aromatic heterocycles. The smallest absolute Gasteiger partial charge is 1.00 e. The molecule has 0 aliphatic carbocycles. The fraction of sp³-hybridized carbons (Fsp3) is 0.400. The van der Waals surface area contributed by atoms with Crippen molar-refractivity contribution in [2.75, 3.05) is 14.2 Å². The van der Waals surface area contributed by atoms with Crippen molar-refractivity contribution in [2.45, 2.75) is 106 Å². The van der Waals surface area contributed by atoms with Crippen LogP contribution in [0.15, 0.2) is 97.1 Å². The average Bonchev–Trinajstić information content (AvgIpc) is 3.69. The molecule has 6 aromatic carbocycles. The Labute approximate surface area is 374 Å². The van der Waals surface area contributed by atoms with Crippen molar-refractivity contribution in [1.29, 1.82) is 0 Å². The monoisotopic (exact) mass is 885 g/mol. The number of halogens is 2. The van der Waals surface area contributed by atoms with Crippen LogP contribution in [0.25, 0.3) is 43.8 Å². The number of hydrogen-bond donors (Lipinski definition) is 0. The molecule has 6 rings (SSSR count). The van der Waals surface area contributed by atoms with Crippen LogP contribution in [0, 0.1) is 11.8 Å². The normalized spacial score (nSPS) is 11.1. The van der Waals surface area contributed by atoms with Gasteiger partial charge in [-0.25, -0.2) is 0 Å². The van der Waals surface area contributed by atoms with Crippen LogP contribution in [0.4, 0.5) is 0 Å². The summed E-state index contributed by atoms with van der Waals surface area (Å²) in [5.74, 6) is 3.32. The van der Waals surface area contributed by atoms with Crippen molar-refractivity contribution in [3.8, 4) is 33.8 Å². The molecule has 0 saturated carbocycles. The molecule has 0 heterocycles. The third-order valence-corrected chi connectivity index (χ3v) is 9.48. The van der Waals surface area contributed by atoms with Gasteiger partial charge in [-0.3, -0.25) is 0 Å².